The number of carbonyl (C=O) groups excluding carboxylic acids is 2. The van der Waals surface area contributed by atoms with Crippen molar-refractivity contribution in [2.75, 3.05) is 18.1 Å². The van der Waals surface area contributed by atoms with Gasteiger partial charge in [0.2, 0.25) is 0 Å². The normalized spacial score (nSPS) is 17.3. The summed E-state index contributed by atoms with van der Waals surface area (Å²) in [5, 5.41) is 0. The van der Waals surface area contributed by atoms with E-state index in [1.165, 1.54) is 29.7 Å². The van der Waals surface area contributed by atoms with Gasteiger partial charge in [-0.2, -0.15) is 24.9 Å². The first-order chi connectivity index (χ1) is 14.6. The van der Waals surface area contributed by atoms with Crippen molar-refractivity contribution in [2.45, 2.75) is 18.8 Å². The first-order valence-electron chi connectivity index (χ1n) is 9.18. The van der Waals surface area contributed by atoms with Crippen LogP contribution in [0.1, 0.15) is 27.5 Å². The molecule has 3 rings (SSSR count). The summed E-state index contributed by atoms with van der Waals surface area (Å²) in [6.45, 7) is 1.12. The van der Waals surface area contributed by atoms with Crippen LogP contribution in [0.2, 0.25) is 0 Å². The number of benzene rings is 2. The molecule has 0 aromatic heterocycles. The van der Waals surface area contributed by atoms with Crippen molar-refractivity contribution in [1.29, 1.82) is 0 Å². The highest BCUT2D eigenvalue weighted by molar-refractivity contribution is 7.99. The highest BCUT2D eigenvalue weighted by Gasteiger charge is 2.39. The highest BCUT2D eigenvalue weighted by Crippen LogP contribution is 2.32. The Hall–Kier alpha value is -2.66. The molecule has 1 atom stereocenters. The first-order valence-corrected chi connectivity index (χ1v) is 10.3. The fourth-order valence-electron chi connectivity index (χ4n) is 3.14. The molecule has 1 heterocycles. The van der Waals surface area contributed by atoms with E-state index in [0.717, 1.165) is 17.4 Å². The molecule has 1 aliphatic rings. The van der Waals surface area contributed by atoms with Crippen LogP contribution in [0, 0.1) is 11.6 Å². The summed E-state index contributed by atoms with van der Waals surface area (Å²) in [4.78, 5) is 24.7. The molecular weight excluding hydrogens is 441 g/mol. The molecule has 2 aromatic carbocycles. The van der Waals surface area contributed by atoms with Crippen LogP contribution in [-0.2, 0) is 11.3 Å². The van der Waals surface area contributed by atoms with Crippen molar-refractivity contribution < 1.29 is 31.5 Å². The molecule has 2 amide bonds. The number of thioether (sulfide) groups is 1. The lowest BCUT2D eigenvalue weighted by Crippen LogP contribution is -2.47. The highest BCUT2D eigenvalue weighted by atomic mass is 32.2. The quantitative estimate of drug-likeness (QED) is 0.542. The number of nitrogens with one attached hydrogen (secondary N) is 2. The summed E-state index contributed by atoms with van der Waals surface area (Å²) in [5.41, 5.74) is 4.27. The summed E-state index contributed by atoms with van der Waals surface area (Å²) < 4.78 is 64.0. The number of carbonyl (C=O) groups is 2. The zero-order valence-corrected chi connectivity index (χ0v) is 16.8. The van der Waals surface area contributed by atoms with Crippen molar-refractivity contribution in [3.63, 3.8) is 0 Å². The predicted octanol–water partition coefficient (Wildman–Crippen LogP) is 3.58. The van der Waals surface area contributed by atoms with Crippen molar-refractivity contribution in [3.8, 4) is 0 Å². The molecule has 5 nitrogen and oxygen atoms in total. The minimum absolute atomic E-state index is 0.0570. The molecule has 0 spiro atoms. The standard InChI is InChI=1S/C20H18F5N3O2S/c21-14-5-6-15(16(22)9-14)17-11-31-8-7-28(17)10-12-1-3-13(4-2-12)18(29)26-27-19(30)20(23,24)25/h1-6,9,17H,7-8,10-11H2,(H,26,29)(H,27,30). The van der Waals surface area contributed by atoms with E-state index >= 15 is 0 Å². The first kappa shape index (κ1) is 23.0. The van der Waals surface area contributed by atoms with Crippen LogP contribution in [0.15, 0.2) is 42.5 Å². The van der Waals surface area contributed by atoms with Gasteiger partial charge in [-0.1, -0.05) is 18.2 Å². The maximum Gasteiger partial charge on any atom is 0.472 e. The van der Waals surface area contributed by atoms with Gasteiger partial charge in [0, 0.05) is 47.8 Å². The lowest BCUT2D eigenvalue weighted by molar-refractivity contribution is -0.174. The van der Waals surface area contributed by atoms with Gasteiger partial charge in [0.05, 0.1) is 0 Å². The molecule has 1 aliphatic heterocycles. The van der Waals surface area contributed by atoms with Gasteiger partial charge in [0.25, 0.3) is 5.91 Å². The van der Waals surface area contributed by atoms with E-state index in [4.69, 9.17) is 0 Å². The Bertz CT molecular complexity index is 953. The van der Waals surface area contributed by atoms with Gasteiger partial charge in [-0.15, -0.1) is 0 Å². The Morgan fingerprint density at radius 2 is 1.77 bits per heavy atom. The maximum atomic E-state index is 14.3. The summed E-state index contributed by atoms with van der Waals surface area (Å²) >= 11 is 1.67. The van der Waals surface area contributed by atoms with Crippen LogP contribution in [0.5, 0.6) is 0 Å². The fraction of sp³-hybridized carbons (Fsp3) is 0.300. The molecule has 0 saturated carbocycles. The van der Waals surface area contributed by atoms with Gasteiger partial charge >= 0.3 is 12.1 Å². The third-order valence-corrected chi connectivity index (χ3v) is 5.73. The Kier molecular flexibility index (Phi) is 7.16. The molecule has 11 heteroatoms. The van der Waals surface area contributed by atoms with E-state index < -0.39 is 29.6 Å². The summed E-state index contributed by atoms with van der Waals surface area (Å²) in [7, 11) is 0. The number of hydrogen-bond donors (Lipinski definition) is 2. The number of nitrogens with zero attached hydrogens (tertiary/aromatic N) is 1. The van der Waals surface area contributed by atoms with E-state index in [2.05, 4.69) is 0 Å². The minimum atomic E-state index is -5.11. The lowest BCUT2D eigenvalue weighted by atomic mass is 10.0. The molecule has 0 bridgehead atoms. The van der Waals surface area contributed by atoms with Crippen molar-refractivity contribution >= 4 is 23.6 Å². The van der Waals surface area contributed by atoms with Crippen LogP contribution in [0.4, 0.5) is 22.0 Å². The van der Waals surface area contributed by atoms with E-state index in [9.17, 15) is 31.5 Å². The van der Waals surface area contributed by atoms with Gasteiger partial charge in [0.15, 0.2) is 0 Å². The number of hydrazine groups is 1. The molecule has 2 N–H and O–H groups in total. The topological polar surface area (TPSA) is 61.4 Å². The number of rotatable bonds is 4. The van der Waals surface area contributed by atoms with Crippen LogP contribution in [0.3, 0.4) is 0 Å². The monoisotopic (exact) mass is 459 g/mol. The number of hydrogen-bond acceptors (Lipinski definition) is 4. The molecule has 166 valence electrons. The zero-order valence-electron chi connectivity index (χ0n) is 16.0. The Labute approximate surface area is 179 Å². The molecule has 0 radical (unpaired) electrons. The van der Waals surface area contributed by atoms with Crippen LogP contribution >= 0.6 is 11.8 Å². The summed E-state index contributed by atoms with van der Waals surface area (Å²) in [6.07, 6.45) is -5.11. The SMILES string of the molecule is O=C(NNC(=O)C(F)(F)F)c1ccc(CN2CCSCC2c2ccc(F)cc2F)cc1. The van der Waals surface area contributed by atoms with Crippen LogP contribution < -0.4 is 10.9 Å². The second-order valence-corrected chi connectivity index (χ2v) is 7.98. The second kappa shape index (κ2) is 9.65. The maximum absolute atomic E-state index is 14.3. The third kappa shape index (κ3) is 5.95. The summed E-state index contributed by atoms with van der Waals surface area (Å²) in [5.74, 6) is -2.94. The number of amides is 2. The van der Waals surface area contributed by atoms with Crippen molar-refractivity contribution in [1.82, 2.24) is 15.8 Å². The van der Waals surface area contributed by atoms with Crippen molar-refractivity contribution in [2.24, 2.45) is 0 Å². The van der Waals surface area contributed by atoms with E-state index in [1.54, 1.807) is 29.3 Å². The minimum Gasteiger partial charge on any atom is -0.290 e. The molecular formula is C20H18F5N3O2S. The average molecular weight is 459 g/mol. The molecule has 2 aromatic rings. The average Bonchev–Trinajstić information content (AvgIpc) is 2.72. The van der Waals surface area contributed by atoms with E-state index in [1.807, 2.05) is 4.90 Å². The molecule has 1 fully saturated rings. The molecule has 1 saturated heterocycles. The smallest absolute Gasteiger partial charge is 0.290 e. The van der Waals surface area contributed by atoms with Crippen molar-refractivity contribution in [3.05, 3.63) is 70.8 Å². The Morgan fingerprint density at radius 3 is 2.42 bits per heavy atom. The van der Waals surface area contributed by atoms with Gasteiger partial charge in [-0.05, 0) is 23.8 Å². The zero-order chi connectivity index (χ0) is 22.6. The predicted molar refractivity (Wildman–Crippen MR) is 105 cm³/mol. The second-order valence-electron chi connectivity index (χ2n) is 6.83. The van der Waals surface area contributed by atoms with Gasteiger partial charge in [0.1, 0.15) is 11.6 Å². The fourth-order valence-corrected chi connectivity index (χ4v) is 4.28. The summed E-state index contributed by atoms with van der Waals surface area (Å²) in [6, 6.07) is 9.35. The lowest BCUT2D eigenvalue weighted by Gasteiger charge is -2.36. The molecule has 0 aliphatic carbocycles. The van der Waals surface area contributed by atoms with Crippen LogP contribution in [-0.4, -0.2) is 40.9 Å². The molecule has 31 heavy (non-hydrogen) atoms. The Balaban J connectivity index is 1.65. The molecule has 1 unspecified atom stereocenters. The number of alkyl halides is 3. The number of halogens is 5. The van der Waals surface area contributed by atoms with Gasteiger partial charge in [-0.3, -0.25) is 25.3 Å². The third-order valence-electron chi connectivity index (χ3n) is 4.71. The van der Waals surface area contributed by atoms with Gasteiger partial charge in [-0.25, -0.2) is 8.78 Å². The largest absolute Gasteiger partial charge is 0.472 e. The van der Waals surface area contributed by atoms with E-state index in [-0.39, 0.29) is 11.6 Å². The Morgan fingerprint density at radius 1 is 1.06 bits per heavy atom. The van der Waals surface area contributed by atoms with Crippen LogP contribution in [0.25, 0.3) is 0 Å². The van der Waals surface area contributed by atoms with Gasteiger partial charge < -0.3 is 0 Å². The van der Waals surface area contributed by atoms with E-state index in [0.29, 0.717) is 24.4 Å².